The van der Waals surface area contributed by atoms with Crippen molar-refractivity contribution in [2.75, 3.05) is 11.9 Å². The molecule has 0 spiro atoms. The first kappa shape index (κ1) is 26.1. The van der Waals surface area contributed by atoms with Crippen LogP contribution in [0.4, 0.5) is 5.69 Å². The number of thiocarbonyl (C=S) groups is 1. The van der Waals surface area contributed by atoms with E-state index in [2.05, 4.69) is 22.5 Å². The number of rotatable bonds is 9. The number of nitrogens with zero attached hydrogens (tertiary/aromatic N) is 2. The zero-order valence-corrected chi connectivity index (χ0v) is 22.2. The Morgan fingerprint density at radius 1 is 1.08 bits per heavy atom. The molecule has 3 heterocycles. The summed E-state index contributed by atoms with van der Waals surface area (Å²) in [6, 6.07) is 23.1. The van der Waals surface area contributed by atoms with Crippen molar-refractivity contribution in [3.05, 3.63) is 108 Å². The summed E-state index contributed by atoms with van der Waals surface area (Å²) in [4.78, 5) is 30.9. The van der Waals surface area contributed by atoms with E-state index in [0.717, 1.165) is 23.4 Å². The molecular weight excluding hydrogens is 512 g/mol. The maximum Gasteiger partial charge on any atom is 0.335 e. The molecular formula is C30H28N4O4S. The van der Waals surface area contributed by atoms with Gasteiger partial charge in [0.15, 0.2) is 5.11 Å². The van der Waals surface area contributed by atoms with Crippen molar-refractivity contribution in [3.8, 4) is 11.3 Å². The minimum absolute atomic E-state index is 0.107. The molecule has 1 aliphatic rings. The summed E-state index contributed by atoms with van der Waals surface area (Å²) in [6.45, 7) is 2.42. The lowest BCUT2D eigenvalue weighted by molar-refractivity contribution is -0.116. The first-order valence-corrected chi connectivity index (χ1v) is 13.1. The van der Waals surface area contributed by atoms with Gasteiger partial charge in [0.05, 0.1) is 17.3 Å². The Hall–Kier alpha value is -4.50. The van der Waals surface area contributed by atoms with Gasteiger partial charge in [-0.2, -0.15) is 0 Å². The van der Waals surface area contributed by atoms with Gasteiger partial charge in [0.1, 0.15) is 17.6 Å². The number of para-hydroxylation sites is 1. The third kappa shape index (κ3) is 5.68. The Balaban J connectivity index is 1.41. The monoisotopic (exact) mass is 540 g/mol. The largest absolute Gasteiger partial charge is 0.478 e. The Labute approximate surface area is 231 Å². The molecule has 0 bridgehead atoms. The molecule has 1 saturated heterocycles. The second-order valence-electron chi connectivity index (χ2n) is 9.22. The van der Waals surface area contributed by atoms with Gasteiger partial charge in [0, 0.05) is 30.4 Å². The number of aromatic carboxylic acids is 1. The summed E-state index contributed by atoms with van der Waals surface area (Å²) >= 11 is 5.71. The predicted octanol–water partition coefficient (Wildman–Crippen LogP) is 5.60. The maximum absolute atomic E-state index is 12.9. The SMILES string of the molecule is CCc1ccccc1NC(=O)CCN1C(=S)N[C@H](c2ccccn2)[C@@H]1c1ccc(-c2cccc(C(=O)O)c2)o1. The lowest BCUT2D eigenvalue weighted by atomic mass is 10.0. The average Bonchev–Trinajstić information content (AvgIpc) is 3.57. The number of hydrogen-bond donors (Lipinski definition) is 3. The number of anilines is 1. The van der Waals surface area contributed by atoms with Crippen molar-refractivity contribution in [2.45, 2.75) is 31.8 Å². The van der Waals surface area contributed by atoms with E-state index in [4.69, 9.17) is 16.6 Å². The fraction of sp³-hybridized carbons (Fsp3) is 0.200. The first-order valence-electron chi connectivity index (χ1n) is 12.7. The molecule has 0 saturated carbocycles. The molecule has 2 aromatic heterocycles. The van der Waals surface area contributed by atoms with E-state index < -0.39 is 5.97 Å². The molecule has 9 heteroatoms. The lowest BCUT2D eigenvalue weighted by Gasteiger charge is -2.26. The molecule has 2 aromatic carbocycles. The number of amides is 1. The van der Waals surface area contributed by atoms with Crippen molar-refractivity contribution in [2.24, 2.45) is 0 Å². The van der Waals surface area contributed by atoms with E-state index in [1.54, 1.807) is 24.4 Å². The second-order valence-corrected chi connectivity index (χ2v) is 9.60. The van der Waals surface area contributed by atoms with E-state index in [1.807, 2.05) is 59.5 Å². The van der Waals surface area contributed by atoms with Gasteiger partial charge in [0.25, 0.3) is 0 Å². The van der Waals surface area contributed by atoms with Crippen LogP contribution in [0.25, 0.3) is 11.3 Å². The topological polar surface area (TPSA) is 108 Å². The van der Waals surface area contributed by atoms with Crippen LogP contribution in [0.1, 0.15) is 52.8 Å². The fourth-order valence-corrected chi connectivity index (χ4v) is 5.14. The van der Waals surface area contributed by atoms with E-state index in [9.17, 15) is 14.7 Å². The van der Waals surface area contributed by atoms with Crippen LogP contribution >= 0.6 is 12.2 Å². The Morgan fingerprint density at radius 2 is 1.90 bits per heavy atom. The van der Waals surface area contributed by atoms with Gasteiger partial charge in [0.2, 0.25) is 5.91 Å². The molecule has 0 unspecified atom stereocenters. The molecule has 4 aromatic rings. The smallest absolute Gasteiger partial charge is 0.335 e. The number of carboxylic acids is 1. The van der Waals surface area contributed by atoms with Gasteiger partial charge in [-0.15, -0.1) is 0 Å². The van der Waals surface area contributed by atoms with E-state index in [-0.39, 0.29) is 30.0 Å². The first-order chi connectivity index (χ1) is 18.9. The quantitative estimate of drug-likeness (QED) is 0.235. The second kappa shape index (κ2) is 11.5. The van der Waals surface area contributed by atoms with Crippen LogP contribution in [0, 0.1) is 0 Å². The maximum atomic E-state index is 12.9. The predicted molar refractivity (Wildman–Crippen MR) is 152 cm³/mol. The Bertz CT molecular complexity index is 1500. The standard InChI is InChI=1S/C30H28N4O4S/c1-2-19-8-3-4-11-22(19)32-26(35)15-17-34-28(27(33-30(34)39)23-12-5-6-16-31-23)25-14-13-24(38-25)20-9-7-10-21(18-20)29(36)37/h3-14,16,18,27-28H,2,15,17H2,1H3,(H,32,35)(H,33,39)(H,36,37)/t27-,28+/m1/s1. The zero-order chi connectivity index (χ0) is 27.4. The van der Waals surface area contributed by atoms with Crippen LogP contribution in [0.5, 0.6) is 0 Å². The highest BCUT2D eigenvalue weighted by Gasteiger charge is 2.41. The van der Waals surface area contributed by atoms with E-state index in [1.165, 1.54) is 6.07 Å². The van der Waals surface area contributed by atoms with Crippen molar-refractivity contribution in [1.82, 2.24) is 15.2 Å². The van der Waals surface area contributed by atoms with Crippen molar-refractivity contribution < 1.29 is 19.1 Å². The minimum Gasteiger partial charge on any atom is -0.478 e. The van der Waals surface area contributed by atoms with Gasteiger partial charge in [-0.25, -0.2) is 4.79 Å². The highest BCUT2D eigenvalue weighted by Crippen LogP contribution is 2.40. The summed E-state index contributed by atoms with van der Waals surface area (Å²) in [7, 11) is 0. The molecule has 198 valence electrons. The number of benzene rings is 2. The van der Waals surface area contributed by atoms with Gasteiger partial charge in [-0.05, 0) is 66.7 Å². The fourth-order valence-electron chi connectivity index (χ4n) is 4.81. The lowest BCUT2D eigenvalue weighted by Crippen LogP contribution is -2.32. The van der Waals surface area contributed by atoms with Crippen molar-refractivity contribution in [3.63, 3.8) is 0 Å². The number of carbonyl (C=O) groups is 2. The van der Waals surface area contributed by atoms with Crippen LogP contribution in [-0.2, 0) is 11.2 Å². The molecule has 0 aliphatic carbocycles. The summed E-state index contributed by atoms with van der Waals surface area (Å²) in [5, 5.41) is 16.3. The van der Waals surface area contributed by atoms with Crippen LogP contribution < -0.4 is 10.6 Å². The summed E-state index contributed by atoms with van der Waals surface area (Å²) in [5.41, 5.74) is 3.52. The van der Waals surface area contributed by atoms with Crippen LogP contribution in [0.2, 0.25) is 0 Å². The number of pyridine rings is 1. The highest BCUT2D eigenvalue weighted by molar-refractivity contribution is 7.80. The molecule has 0 radical (unpaired) electrons. The number of carbonyl (C=O) groups excluding carboxylic acids is 1. The van der Waals surface area contributed by atoms with Gasteiger partial charge < -0.3 is 25.1 Å². The van der Waals surface area contributed by atoms with Gasteiger partial charge in [-0.1, -0.05) is 43.3 Å². The molecule has 1 amide bonds. The number of furan rings is 1. The van der Waals surface area contributed by atoms with Crippen LogP contribution in [-0.4, -0.2) is 38.5 Å². The molecule has 8 nitrogen and oxygen atoms in total. The number of nitrogens with one attached hydrogen (secondary N) is 2. The third-order valence-corrected chi connectivity index (χ3v) is 7.11. The average molecular weight is 541 g/mol. The Kier molecular flexibility index (Phi) is 7.69. The molecule has 1 aliphatic heterocycles. The van der Waals surface area contributed by atoms with Crippen molar-refractivity contribution in [1.29, 1.82) is 0 Å². The third-order valence-electron chi connectivity index (χ3n) is 6.76. The summed E-state index contributed by atoms with van der Waals surface area (Å²) in [5.74, 6) is 0.0598. The van der Waals surface area contributed by atoms with Crippen LogP contribution in [0.15, 0.2) is 89.5 Å². The zero-order valence-electron chi connectivity index (χ0n) is 21.3. The number of hydrogen-bond acceptors (Lipinski definition) is 5. The Morgan fingerprint density at radius 3 is 2.67 bits per heavy atom. The van der Waals surface area contributed by atoms with Crippen LogP contribution in [0.3, 0.4) is 0 Å². The van der Waals surface area contributed by atoms with E-state index >= 15 is 0 Å². The van der Waals surface area contributed by atoms with Gasteiger partial charge >= 0.3 is 5.97 Å². The highest BCUT2D eigenvalue weighted by atomic mass is 32.1. The minimum atomic E-state index is -1.00. The molecule has 1 fully saturated rings. The molecule has 39 heavy (non-hydrogen) atoms. The molecule has 5 rings (SSSR count). The normalized spacial score (nSPS) is 16.6. The van der Waals surface area contributed by atoms with Gasteiger partial charge in [-0.3, -0.25) is 9.78 Å². The molecule has 2 atom stereocenters. The number of carboxylic acid groups (broad SMARTS) is 1. The summed E-state index contributed by atoms with van der Waals surface area (Å²) < 4.78 is 6.29. The molecule has 3 N–H and O–H groups in total. The van der Waals surface area contributed by atoms with Crippen molar-refractivity contribution >= 4 is 34.9 Å². The number of aryl methyl sites for hydroxylation is 1. The number of aromatic nitrogens is 1. The van der Waals surface area contributed by atoms with E-state index in [0.29, 0.717) is 28.7 Å². The summed E-state index contributed by atoms with van der Waals surface area (Å²) in [6.07, 6.45) is 2.77.